The van der Waals surface area contributed by atoms with E-state index in [2.05, 4.69) is 442 Å². The summed E-state index contributed by atoms with van der Waals surface area (Å²) in [5.41, 5.74) is 23.8. The van der Waals surface area contributed by atoms with Gasteiger partial charge >= 0.3 is 0 Å². The highest BCUT2D eigenvalue weighted by Gasteiger charge is 2.21. The van der Waals surface area contributed by atoms with Gasteiger partial charge in [-0.2, -0.15) is 0 Å². The summed E-state index contributed by atoms with van der Waals surface area (Å²) in [7, 11) is 0. The van der Waals surface area contributed by atoms with Crippen LogP contribution in [0, 0.1) is 13.8 Å². The summed E-state index contributed by atoms with van der Waals surface area (Å²) in [6, 6.07) is 150. The molecule has 25 rings (SSSR count). The fraction of sp³-hybridized carbons (Fsp3) is 0.0508. The number of para-hydroxylation sites is 6. The smallest absolute Gasteiger partial charge is 0.0702 e. The van der Waals surface area contributed by atoms with E-state index < -0.39 is 0 Å². The third kappa shape index (κ3) is 13.8. The van der Waals surface area contributed by atoms with Gasteiger partial charge < -0.3 is 18.3 Å². The van der Waals surface area contributed by atoms with Gasteiger partial charge in [-0.15, -0.1) is 0 Å². The van der Waals surface area contributed by atoms with E-state index in [0.29, 0.717) is 0 Å². The Morgan fingerprint density at radius 3 is 0.863 bits per heavy atom. The van der Waals surface area contributed by atoms with Crippen molar-refractivity contribution in [3.8, 4) is 56.3 Å². The quantitative estimate of drug-likeness (QED) is 0.149. The van der Waals surface area contributed by atoms with E-state index >= 15 is 0 Å². The largest absolute Gasteiger partial charge is 0.309 e. The van der Waals surface area contributed by atoms with Crippen LogP contribution in [0.3, 0.4) is 0 Å². The molecule has 6 nitrogen and oxygen atoms in total. The molecular formula is C118H90N6. The number of fused-ring (bicyclic) bond motifs is 24. The standard InChI is InChI=1S/2C35H23N3.C25H18.C19H14.2C2H6/c1-4-15-32-28(12-1)29-13-2-5-16-33(29)38(32)27-18-19-35-31(22-27)30-14-3-6-17-34(30)37(35)26-11-7-9-24(21-26)25-10-8-20-36-23-25;1-4-16-32-27(12-1)28-13-2-5-17-33(28)38(32)26-19-20-35-30(23-26)29-14-3-6-18-34(29)37(35)25-11-9-10-24(22-25)31-15-7-8-21-36-31;1-17-7-6-8-18(15-17)19-13-14-24-22-11-3-2-9-20(22)21-10-4-5-12-23(21)25(24)16-19;1-13-10-11-18-16-8-3-2-6-14(16)15-7-4-5-9-17(15)19(18)12-13;2*1-2/h2*1-23H;2-16H,1H3;2-12H,1H3;2*1-2H3. The van der Waals surface area contributed by atoms with Gasteiger partial charge in [-0.1, -0.05) is 336 Å². The van der Waals surface area contributed by atoms with E-state index in [1.165, 1.54) is 185 Å². The summed E-state index contributed by atoms with van der Waals surface area (Å²) in [6.07, 6.45) is 5.58. The number of pyridine rings is 2. The third-order valence-electron chi connectivity index (χ3n) is 24.1. The normalized spacial score (nSPS) is 11.3. The van der Waals surface area contributed by atoms with Gasteiger partial charge in [0.2, 0.25) is 0 Å². The van der Waals surface area contributed by atoms with Crippen LogP contribution < -0.4 is 0 Å². The lowest BCUT2D eigenvalue weighted by Crippen LogP contribution is -1.96. The van der Waals surface area contributed by atoms with Gasteiger partial charge in [0, 0.05) is 95.6 Å². The maximum Gasteiger partial charge on any atom is 0.0702 e. The molecule has 0 spiro atoms. The van der Waals surface area contributed by atoms with Gasteiger partial charge in [0.1, 0.15) is 0 Å². The Kier molecular flexibility index (Phi) is 20.7. The summed E-state index contributed by atoms with van der Waals surface area (Å²) in [4.78, 5) is 8.90. The second-order valence-electron chi connectivity index (χ2n) is 31.3. The van der Waals surface area contributed by atoms with Crippen LogP contribution in [0.15, 0.2) is 437 Å². The number of nitrogens with zero attached hydrogens (tertiary/aromatic N) is 6. The van der Waals surface area contributed by atoms with Crippen molar-refractivity contribution in [2.75, 3.05) is 0 Å². The molecule has 0 bridgehead atoms. The minimum Gasteiger partial charge on any atom is -0.309 e. The Morgan fingerprint density at radius 2 is 0.468 bits per heavy atom. The molecule has 0 aliphatic rings. The summed E-state index contributed by atoms with van der Waals surface area (Å²) in [5.74, 6) is 0. The maximum absolute atomic E-state index is 4.57. The van der Waals surface area contributed by atoms with Gasteiger partial charge in [-0.05, 0) is 216 Å². The molecule has 0 aliphatic carbocycles. The van der Waals surface area contributed by atoms with E-state index in [4.69, 9.17) is 0 Å². The second-order valence-corrected chi connectivity index (χ2v) is 31.3. The van der Waals surface area contributed by atoms with Crippen molar-refractivity contribution in [3.05, 3.63) is 448 Å². The number of aryl methyl sites for hydroxylation is 2. The molecule has 0 amide bonds. The van der Waals surface area contributed by atoms with E-state index in [1.807, 2.05) is 64.5 Å². The highest BCUT2D eigenvalue weighted by molar-refractivity contribution is 6.27. The summed E-state index contributed by atoms with van der Waals surface area (Å²) in [5, 5.41) is 26.1. The van der Waals surface area contributed by atoms with Crippen LogP contribution in [-0.4, -0.2) is 28.2 Å². The van der Waals surface area contributed by atoms with E-state index in [0.717, 1.165) is 33.8 Å². The zero-order chi connectivity index (χ0) is 83.7. The highest BCUT2D eigenvalue weighted by atomic mass is 15.0. The molecule has 0 unspecified atom stereocenters. The Balaban J connectivity index is 0.000000107. The SMILES string of the molecule is CC.CC.Cc1ccc2c3ccccc3c3ccccc3c2c1.Cc1cccc(-c2ccc3c4ccccc4c4ccccc4c3c2)c1.c1ccc(-c2cccc(-n3c4ccccc4c4cc(-n5c6ccccc6c6ccccc65)ccc43)c2)nc1.c1cncc(-c2cccc(-n3c4ccccc4c4cc(-n5c6ccccc6c6ccccc65)ccc43)c2)c1. The molecule has 0 atom stereocenters. The lowest BCUT2D eigenvalue weighted by molar-refractivity contribution is 1.16. The lowest BCUT2D eigenvalue weighted by Gasteiger charge is -2.12. The Morgan fingerprint density at radius 1 is 0.169 bits per heavy atom. The first-order valence-electron chi connectivity index (χ1n) is 43.2. The molecular weight excluding hydrogens is 1500 g/mol. The Bertz CT molecular complexity index is 7840. The molecule has 0 fully saturated rings. The van der Waals surface area contributed by atoms with E-state index in [9.17, 15) is 0 Å². The maximum atomic E-state index is 4.57. The number of benzene rings is 19. The topological polar surface area (TPSA) is 45.5 Å². The number of hydrogen-bond donors (Lipinski definition) is 0. The number of hydrogen-bond acceptors (Lipinski definition) is 2. The van der Waals surface area contributed by atoms with Gasteiger partial charge in [0.15, 0.2) is 0 Å². The van der Waals surface area contributed by atoms with Crippen LogP contribution in [0.5, 0.6) is 0 Å². The van der Waals surface area contributed by atoms with Crippen LogP contribution >= 0.6 is 0 Å². The highest BCUT2D eigenvalue weighted by Crippen LogP contribution is 2.43. The molecule has 19 aromatic carbocycles. The second kappa shape index (κ2) is 33.4. The average molecular weight is 1590 g/mol. The molecule has 592 valence electrons. The zero-order valence-corrected chi connectivity index (χ0v) is 70.3. The van der Waals surface area contributed by atoms with Crippen LogP contribution in [-0.2, 0) is 0 Å². The third-order valence-corrected chi connectivity index (χ3v) is 24.1. The predicted octanol–water partition coefficient (Wildman–Crippen LogP) is 32.5. The fourth-order valence-corrected chi connectivity index (χ4v) is 18.8. The molecule has 0 saturated heterocycles. The first kappa shape index (κ1) is 76.9. The minimum atomic E-state index is 0.976. The van der Waals surface area contributed by atoms with Gasteiger partial charge in [-0.3, -0.25) is 9.97 Å². The average Bonchev–Trinajstić information content (AvgIpc) is 1.67. The van der Waals surface area contributed by atoms with Crippen molar-refractivity contribution in [3.63, 3.8) is 0 Å². The van der Waals surface area contributed by atoms with Crippen molar-refractivity contribution in [1.29, 1.82) is 0 Å². The van der Waals surface area contributed by atoms with Gasteiger partial charge in [-0.25, -0.2) is 0 Å². The van der Waals surface area contributed by atoms with Crippen LogP contribution in [0.2, 0.25) is 0 Å². The molecule has 0 saturated carbocycles. The summed E-state index contributed by atoms with van der Waals surface area (Å²) < 4.78 is 9.52. The van der Waals surface area contributed by atoms with Crippen LogP contribution in [0.4, 0.5) is 0 Å². The van der Waals surface area contributed by atoms with Crippen molar-refractivity contribution >= 4 is 152 Å². The van der Waals surface area contributed by atoms with Gasteiger partial charge in [0.05, 0.1) is 49.8 Å². The van der Waals surface area contributed by atoms with Crippen molar-refractivity contribution in [1.82, 2.24) is 28.2 Å². The van der Waals surface area contributed by atoms with Crippen molar-refractivity contribution in [2.45, 2.75) is 41.5 Å². The van der Waals surface area contributed by atoms with Gasteiger partial charge in [0.25, 0.3) is 0 Å². The summed E-state index contributed by atoms with van der Waals surface area (Å²) >= 11 is 0. The number of aromatic nitrogens is 6. The number of rotatable bonds is 7. The predicted molar refractivity (Wildman–Crippen MR) is 532 cm³/mol. The minimum absolute atomic E-state index is 0.976. The zero-order valence-electron chi connectivity index (χ0n) is 70.3. The van der Waals surface area contributed by atoms with Crippen molar-refractivity contribution < 1.29 is 0 Å². The summed E-state index contributed by atoms with van der Waals surface area (Å²) in [6.45, 7) is 12.3. The van der Waals surface area contributed by atoms with Crippen molar-refractivity contribution in [2.24, 2.45) is 0 Å². The molecule has 124 heavy (non-hydrogen) atoms. The lowest BCUT2D eigenvalue weighted by atomic mass is 9.92. The fourth-order valence-electron chi connectivity index (χ4n) is 18.8. The molecule has 0 radical (unpaired) electrons. The molecule has 6 heteroatoms. The Labute approximate surface area is 721 Å². The monoisotopic (exact) mass is 1590 g/mol. The van der Waals surface area contributed by atoms with Crippen LogP contribution in [0.25, 0.3) is 208 Å². The molecule has 6 heterocycles. The molecule has 6 aromatic heterocycles. The first-order valence-corrected chi connectivity index (χ1v) is 43.2. The van der Waals surface area contributed by atoms with Crippen LogP contribution in [0.1, 0.15) is 38.8 Å². The van der Waals surface area contributed by atoms with E-state index in [1.54, 1.807) is 0 Å². The van der Waals surface area contributed by atoms with E-state index in [-0.39, 0.29) is 0 Å². The molecule has 25 aromatic rings. The molecule has 0 aliphatic heterocycles. The Hall–Kier alpha value is -15.8. The first-order chi connectivity index (χ1) is 61.4. The molecule has 0 N–H and O–H groups in total.